The van der Waals surface area contributed by atoms with E-state index in [1.165, 1.54) is 18.4 Å². The Labute approximate surface area is 121 Å². The van der Waals surface area contributed by atoms with Crippen molar-refractivity contribution < 1.29 is 19.4 Å². The third-order valence-corrected chi connectivity index (χ3v) is 3.96. The minimum absolute atomic E-state index is 0.0127. The number of carbonyl (C=O) groups excluding carboxylic acids is 1. The van der Waals surface area contributed by atoms with Crippen LogP contribution in [0.2, 0.25) is 0 Å². The topological polar surface area (TPSA) is 55.8 Å². The van der Waals surface area contributed by atoms with Gasteiger partial charge in [0.05, 0.1) is 13.7 Å². The van der Waals surface area contributed by atoms with Gasteiger partial charge in [-0.1, -0.05) is 12.1 Å². The fourth-order valence-electron chi connectivity index (χ4n) is 1.76. The van der Waals surface area contributed by atoms with Gasteiger partial charge in [0.25, 0.3) is 0 Å². The Morgan fingerprint density at radius 1 is 1.35 bits per heavy atom. The highest BCUT2D eigenvalue weighted by molar-refractivity contribution is 7.14. The van der Waals surface area contributed by atoms with E-state index in [0.717, 1.165) is 16.0 Å². The van der Waals surface area contributed by atoms with Crippen molar-refractivity contribution in [2.45, 2.75) is 20.1 Å². The van der Waals surface area contributed by atoms with E-state index in [-0.39, 0.29) is 12.6 Å². The Morgan fingerprint density at radius 3 is 2.85 bits per heavy atom. The van der Waals surface area contributed by atoms with Gasteiger partial charge in [0, 0.05) is 10.4 Å². The van der Waals surface area contributed by atoms with Crippen LogP contribution in [0.3, 0.4) is 0 Å². The number of hydrogen-bond donors (Lipinski definition) is 1. The summed E-state index contributed by atoms with van der Waals surface area (Å²) in [5, 5.41) is 9.08. The number of esters is 1. The normalized spacial score (nSPS) is 10.3. The highest BCUT2D eigenvalue weighted by Crippen LogP contribution is 2.24. The van der Waals surface area contributed by atoms with Crippen LogP contribution in [-0.2, 0) is 18.0 Å². The zero-order chi connectivity index (χ0) is 14.5. The van der Waals surface area contributed by atoms with E-state index < -0.39 is 0 Å². The molecule has 2 aromatic rings. The molecule has 106 valence electrons. The monoisotopic (exact) mass is 292 g/mol. The molecule has 1 aromatic heterocycles. The van der Waals surface area contributed by atoms with Gasteiger partial charge in [-0.2, -0.15) is 0 Å². The number of methoxy groups -OCH3 is 1. The van der Waals surface area contributed by atoms with Crippen molar-refractivity contribution >= 4 is 17.3 Å². The maximum absolute atomic E-state index is 11.5. The molecule has 4 nitrogen and oxygen atoms in total. The van der Waals surface area contributed by atoms with E-state index in [1.807, 2.05) is 25.1 Å². The standard InChI is InChI=1S/C15H16O4S/c1-10-12(7-14(20-10)15(17)18-2)9-19-13-5-3-4-11(6-13)8-16/h3-7,16H,8-9H2,1-2H3. The van der Waals surface area contributed by atoms with Crippen molar-refractivity contribution in [1.82, 2.24) is 0 Å². The summed E-state index contributed by atoms with van der Waals surface area (Å²) in [6.45, 7) is 2.31. The summed E-state index contributed by atoms with van der Waals surface area (Å²) >= 11 is 1.40. The van der Waals surface area contributed by atoms with E-state index in [1.54, 1.807) is 12.1 Å². The molecule has 0 saturated carbocycles. The number of aryl methyl sites for hydroxylation is 1. The van der Waals surface area contributed by atoms with Crippen LogP contribution in [0.25, 0.3) is 0 Å². The lowest BCUT2D eigenvalue weighted by atomic mass is 10.2. The highest BCUT2D eigenvalue weighted by atomic mass is 32.1. The first-order valence-corrected chi connectivity index (χ1v) is 6.96. The summed E-state index contributed by atoms with van der Waals surface area (Å²) in [5.74, 6) is 0.369. The maximum atomic E-state index is 11.5. The van der Waals surface area contributed by atoms with Gasteiger partial charge in [-0.25, -0.2) is 4.79 Å². The van der Waals surface area contributed by atoms with Crippen LogP contribution in [0.5, 0.6) is 5.75 Å². The molecule has 1 aromatic carbocycles. The van der Waals surface area contributed by atoms with Crippen LogP contribution in [0.4, 0.5) is 0 Å². The highest BCUT2D eigenvalue weighted by Gasteiger charge is 2.12. The Balaban J connectivity index is 2.06. The lowest BCUT2D eigenvalue weighted by Gasteiger charge is -2.06. The second-order valence-electron chi connectivity index (χ2n) is 4.28. The van der Waals surface area contributed by atoms with Gasteiger partial charge in [-0.15, -0.1) is 11.3 Å². The molecule has 20 heavy (non-hydrogen) atoms. The maximum Gasteiger partial charge on any atom is 0.348 e. The van der Waals surface area contributed by atoms with Crippen LogP contribution in [0, 0.1) is 6.92 Å². The first kappa shape index (κ1) is 14.6. The molecule has 0 aliphatic rings. The summed E-state index contributed by atoms with van der Waals surface area (Å²) < 4.78 is 10.4. The van der Waals surface area contributed by atoms with Crippen molar-refractivity contribution in [1.29, 1.82) is 0 Å². The van der Waals surface area contributed by atoms with E-state index in [4.69, 9.17) is 14.6 Å². The fraction of sp³-hybridized carbons (Fsp3) is 0.267. The Kier molecular flexibility index (Phi) is 4.76. The Bertz CT molecular complexity index is 604. The van der Waals surface area contributed by atoms with Crippen LogP contribution >= 0.6 is 11.3 Å². The molecular weight excluding hydrogens is 276 g/mol. The molecular formula is C15H16O4S. The predicted molar refractivity (Wildman–Crippen MR) is 77.1 cm³/mol. The summed E-state index contributed by atoms with van der Waals surface area (Å²) in [5.41, 5.74) is 1.77. The van der Waals surface area contributed by atoms with Gasteiger partial charge in [-0.05, 0) is 30.7 Å². The molecule has 2 rings (SSSR count). The average molecular weight is 292 g/mol. The quantitative estimate of drug-likeness (QED) is 0.861. The minimum atomic E-state index is -0.327. The first-order chi connectivity index (χ1) is 9.63. The summed E-state index contributed by atoms with van der Waals surface area (Å²) in [7, 11) is 1.37. The molecule has 0 atom stereocenters. The smallest absolute Gasteiger partial charge is 0.348 e. The van der Waals surface area contributed by atoms with Crippen molar-refractivity contribution in [2.24, 2.45) is 0 Å². The zero-order valence-electron chi connectivity index (χ0n) is 11.4. The second kappa shape index (κ2) is 6.54. The van der Waals surface area contributed by atoms with Gasteiger partial charge in [0.1, 0.15) is 17.2 Å². The molecule has 1 heterocycles. The van der Waals surface area contributed by atoms with E-state index in [9.17, 15) is 4.79 Å². The third kappa shape index (κ3) is 3.37. The van der Waals surface area contributed by atoms with Gasteiger partial charge in [0.15, 0.2) is 0 Å². The molecule has 1 N–H and O–H groups in total. The van der Waals surface area contributed by atoms with E-state index >= 15 is 0 Å². The molecule has 5 heteroatoms. The number of ether oxygens (including phenoxy) is 2. The molecule has 0 unspecified atom stereocenters. The second-order valence-corrected chi connectivity index (χ2v) is 5.53. The summed E-state index contributed by atoms with van der Waals surface area (Å²) in [6, 6.07) is 9.09. The van der Waals surface area contributed by atoms with Crippen LogP contribution in [-0.4, -0.2) is 18.2 Å². The molecule has 0 spiro atoms. The number of benzene rings is 1. The van der Waals surface area contributed by atoms with Crippen molar-refractivity contribution in [2.75, 3.05) is 7.11 Å². The number of thiophene rings is 1. The Hall–Kier alpha value is -1.85. The number of aliphatic hydroxyl groups is 1. The number of hydrogen-bond acceptors (Lipinski definition) is 5. The molecule has 0 fully saturated rings. The van der Waals surface area contributed by atoms with E-state index in [0.29, 0.717) is 17.2 Å². The van der Waals surface area contributed by atoms with Crippen LogP contribution in [0.15, 0.2) is 30.3 Å². The number of rotatable bonds is 5. The average Bonchev–Trinajstić information content (AvgIpc) is 2.85. The zero-order valence-corrected chi connectivity index (χ0v) is 12.2. The van der Waals surface area contributed by atoms with Gasteiger partial charge in [0.2, 0.25) is 0 Å². The summed E-state index contributed by atoms with van der Waals surface area (Å²) in [6.07, 6.45) is 0. The molecule has 0 saturated heterocycles. The molecule has 0 aliphatic heterocycles. The Morgan fingerprint density at radius 2 is 2.15 bits per heavy atom. The molecule has 0 aliphatic carbocycles. The van der Waals surface area contributed by atoms with Crippen LogP contribution < -0.4 is 4.74 Å². The van der Waals surface area contributed by atoms with Crippen molar-refractivity contribution in [3.05, 3.63) is 51.2 Å². The predicted octanol–water partition coefficient (Wildman–Crippen LogP) is 2.91. The third-order valence-electron chi connectivity index (χ3n) is 2.88. The molecule has 0 bridgehead atoms. The SMILES string of the molecule is COC(=O)c1cc(COc2cccc(CO)c2)c(C)s1. The van der Waals surface area contributed by atoms with Crippen molar-refractivity contribution in [3.8, 4) is 5.75 Å². The minimum Gasteiger partial charge on any atom is -0.489 e. The van der Waals surface area contributed by atoms with Crippen molar-refractivity contribution in [3.63, 3.8) is 0 Å². The van der Waals surface area contributed by atoms with Gasteiger partial charge < -0.3 is 14.6 Å². The van der Waals surface area contributed by atoms with Crippen LogP contribution in [0.1, 0.15) is 25.7 Å². The lowest BCUT2D eigenvalue weighted by Crippen LogP contribution is -1.98. The number of aliphatic hydroxyl groups excluding tert-OH is 1. The fourth-order valence-corrected chi connectivity index (χ4v) is 2.71. The lowest BCUT2D eigenvalue weighted by molar-refractivity contribution is 0.0606. The van der Waals surface area contributed by atoms with Gasteiger partial charge in [-0.3, -0.25) is 0 Å². The molecule has 0 amide bonds. The van der Waals surface area contributed by atoms with E-state index in [2.05, 4.69) is 0 Å². The first-order valence-electron chi connectivity index (χ1n) is 6.14. The van der Waals surface area contributed by atoms with Gasteiger partial charge >= 0.3 is 5.97 Å². The summed E-state index contributed by atoms with van der Waals surface area (Å²) in [4.78, 5) is 13.1. The molecule has 0 radical (unpaired) electrons. The largest absolute Gasteiger partial charge is 0.489 e. The number of carbonyl (C=O) groups is 1.